The first kappa shape index (κ1) is 19.5. The molecule has 6 heteroatoms. The molecule has 27 heavy (non-hydrogen) atoms. The molecule has 2 aromatic carbocycles. The van der Waals surface area contributed by atoms with Gasteiger partial charge in [-0.15, -0.1) is 0 Å². The number of nitrogens with zero attached hydrogens (tertiary/aromatic N) is 1. The van der Waals surface area contributed by atoms with Crippen molar-refractivity contribution in [3.63, 3.8) is 0 Å². The smallest absolute Gasteiger partial charge is 0.314 e. The lowest BCUT2D eigenvalue weighted by molar-refractivity contribution is 0.239. The lowest BCUT2D eigenvalue weighted by Gasteiger charge is -2.19. The summed E-state index contributed by atoms with van der Waals surface area (Å²) in [4.78, 5) is 14.4. The number of carbonyl (C=O) groups is 1. The van der Waals surface area contributed by atoms with Crippen molar-refractivity contribution in [1.29, 1.82) is 0 Å². The number of halogens is 1. The zero-order chi connectivity index (χ0) is 19.1. The Balaban J connectivity index is 1.34. The van der Waals surface area contributed by atoms with Gasteiger partial charge >= 0.3 is 6.03 Å². The van der Waals surface area contributed by atoms with E-state index in [0.717, 1.165) is 36.2 Å². The monoisotopic (exact) mass is 431 g/mol. The topological polar surface area (TPSA) is 53.6 Å². The van der Waals surface area contributed by atoms with Gasteiger partial charge in [0.1, 0.15) is 5.75 Å². The number of hydrogen-bond donors (Lipinski definition) is 2. The second kappa shape index (κ2) is 9.65. The normalized spacial score (nSPS) is 16.2. The molecule has 1 aliphatic rings. The van der Waals surface area contributed by atoms with Crippen molar-refractivity contribution in [2.75, 3.05) is 38.2 Å². The van der Waals surface area contributed by atoms with Gasteiger partial charge in [0.25, 0.3) is 0 Å². The number of amides is 2. The summed E-state index contributed by atoms with van der Waals surface area (Å²) in [5, 5.41) is 5.94. The van der Waals surface area contributed by atoms with Gasteiger partial charge < -0.3 is 20.3 Å². The molecule has 1 fully saturated rings. The highest BCUT2D eigenvalue weighted by Crippen LogP contribution is 2.25. The average molecular weight is 432 g/mol. The quantitative estimate of drug-likeness (QED) is 0.700. The maximum Gasteiger partial charge on any atom is 0.314 e. The van der Waals surface area contributed by atoms with E-state index in [2.05, 4.69) is 49.7 Å². The number of hydrogen-bond acceptors (Lipinski definition) is 3. The van der Waals surface area contributed by atoms with Gasteiger partial charge in [0, 0.05) is 36.3 Å². The summed E-state index contributed by atoms with van der Waals surface area (Å²) in [6.45, 7) is 3.33. The van der Waals surface area contributed by atoms with Crippen molar-refractivity contribution in [3.05, 3.63) is 58.6 Å². The molecule has 0 aromatic heterocycles. The van der Waals surface area contributed by atoms with Crippen LogP contribution in [0.4, 0.5) is 10.5 Å². The van der Waals surface area contributed by atoms with Crippen LogP contribution in [0.25, 0.3) is 0 Å². The minimum atomic E-state index is -0.0931. The van der Waals surface area contributed by atoms with Crippen LogP contribution in [0.2, 0.25) is 0 Å². The third kappa shape index (κ3) is 5.89. The van der Waals surface area contributed by atoms with E-state index in [1.807, 2.05) is 30.3 Å². The number of urea groups is 1. The second-order valence-electron chi connectivity index (χ2n) is 6.82. The maximum absolute atomic E-state index is 12.0. The van der Waals surface area contributed by atoms with Crippen LogP contribution in [0.1, 0.15) is 12.0 Å². The molecule has 2 aromatic rings. The molecule has 3 rings (SSSR count). The van der Waals surface area contributed by atoms with Crippen molar-refractivity contribution in [2.45, 2.75) is 12.8 Å². The van der Waals surface area contributed by atoms with Crippen molar-refractivity contribution >= 4 is 27.6 Å². The second-order valence-corrected chi connectivity index (χ2v) is 7.73. The summed E-state index contributed by atoms with van der Waals surface area (Å²) < 4.78 is 6.24. The molecule has 2 N–H and O–H groups in total. The third-order valence-electron chi connectivity index (χ3n) is 4.87. The molecule has 1 heterocycles. The van der Waals surface area contributed by atoms with E-state index >= 15 is 0 Å². The fraction of sp³-hybridized carbons (Fsp3) is 0.381. The molecule has 0 aliphatic carbocycles. The summed E-state index contributed by atoms with van der Waals surface area (Å²) in [5.74, 6) is 1.33. The predicted octanol–water partition coefficient (Wildman–Crippen LogP) is 3.83. The molecule has 5 nitrogen and oxygen atoms in total. The van der Waals surface area contributed by atoms with Gasteiger partial charge in [-0.05, 0) is 54.7 Å². The van der Waals surface area contributed by atoms with Gasteiger partial charge in [-0.1, -0.05) is 34.1 Å². The molecular formula is C21H26BrN3O2. The Hall–Kier alpha value is -2.21. The van der Waals surface area contributed by atoms with Crippen LogP contribution in [-0.2, 0) is 6.42 Å². The molecule has 0 radical (unpaired) electrons. The molecule has 1 unspecified atom stereocenters. The Labute approximate surface area is 169 Å². The van der Waals surface area contributed by atoms with Gasteiger partial charge in [-0.25, -0.2) is 4.79 Å². The molecule has 0 spiro atoms. The summed E-state index contributed by atoms with van der Waals surface area (Å²) in [6.07, 6.45) is 1.90. The molecule has 0 saturated carbocycles. The first-order valence-electron chi connectivity index (χ1n) is 9.29. The highest BCUT2D eigenvalue weighted by molar-refractivity contribution is 9.10. The van der Waals surface area contributed by atoms with E-state index in [4.69, 9.17) is 4.74 Å². The Bertz CT molecular complexity index is 751. The number of anilines is 1. The summed E-state index contributed by atoms with van der Waals surface area (Å²) >= 11 is 3.52. The zero-order valence-corrected chi connectivity index (χ0v) is 17.2. The summed E-state index contributed by atoms with van der Waals surface area (Å²) in [5.41, 5.74) is 2.41. The Morgan fingerprint density at radius 2 is 2.04 bits per heavy atom. The number of benzene rings is 2. The fourth-order valence-electron chi connectivity index (χ4n) is 3.32. The number of carbonyl (C=O) groups excluding carboxylic acids is 1. The van der Waals surface area contributed by atoms with E-state index in [-0.39, 0.29) is 6.03 Å². The van der Waals surface area contributed by atoms with E-state index in [1.54, 1.807) is 7.11 Å². The standard InChI is InChI=1S/C21H26BrN3O2/c1-27-20-7-5-16(6-8-20)9-11-23-21(26)24-14-17-10-12-25(15-17)19-4-2-3-18(22)13-19/h2-8,13,17H,9-12,14-15H2,1H3,(H2,23,24,26). The van der Waals surface area contributed by atoms with Crippen molar-refractivity contribution in [2.24, 2.45) is 5.92 Å². The van der Waals surface area contributed by atoms with Crippen LogP contribution in [0.15, 0.2) is 53.0 Å². The highest BCUT2D eigenvalue weighted by Gasteiger charge is 2.23. The number of ether oxygens (including phenoxy) is 1. The van der Waals surface area contributed by atoms with Crippen LogP contribution in [0.5, 0.6) is 5.75 Å². The maximum atomic E-state index is 12.0. The van der Waals surface area contributed by atoms with E-state index in [0.29, 0.717) is 19.0 Å². The van der Waals surface area contributed by atoms with Crippen molar-refractivity contribution < 1.29 is 9.53 Å². The van der Waals surface area contributed by atoms with Crippen LogP contribution >= 0.6 is 15.9 Å². The Kier molecular flexibility index (Phi) is 6.98. The Morgan fingerprint density at radius 1 is 1.22 bits per heavy atom. The third-order valence-corrected chi connectivity index (χ3v) is 5.36. The molecule has 1 atom stereocenters. The van der Waals surface area contributed by atoms with Gasteiger partial charge in [0.15, 0.2) is 0 Å². The van der Waals surface area contributed by atoms with Gasteiger partial charge in [0.2, 0.25) is 0 Å². The first-order chi connectivity index (χ1) is 13.1. The fourth-order valence-corrected chi connectivity index (χ4v) is 3.71. The number of nitrogens with one attached hydrogen (secondary N) is 2. The molecule has 1 aliphatic heterocycles. The zero-order valence-electron chi connectivity index (χ0n) is 15.6. The highest BCUT2D eigenvalue weighted by atomic mass is 79.9. The van der Waals surface area contributed by atoms with E-state index in [1.165, 1.54) is 11.3 Å². The van der Waals surface area contributed by atoms with Crippen LogP contribution in [0, 0.1) is 5.92 Å². The molecule has 0 bridgehead atoms. The summed E-state index contributed by atoms with van der Waals surface area (Å²) in [7, 11) is 1.66. The Morgan fingerprint density at radius 3 is 2.78 bits per heavy atom. The van der Waals surface area contributed by atoms with Crippen molar-refractivity contribution in [3.8, 4) is 5.75 Å². The molecule has 1 saturated heterocycles. The lowest BCUT2D eigenvalue weighted by atomic mass is 10.1. The minimum absolute atomic E-state index is 0.0931. The first-order valence-corrected chi connectivity index (χ1v) is 10.1. The predicted molar refractivity (Wildman–Crippen MR) is 113 cm³/mol. The molecular weight excluding hydrogens is 406 g/mol. The average Bonchev–Trinajstić information content (AvgIpc) is 3.16. The SMILES string of the molecule is COc1ccc(CCNC(=O)NCC2CCN(c3cccc(Br)c3)C2)cc1. The summed E-state index contributed by atoms with van der Waals surface area (Å²) in [6, 6.07) is 16.2. The molecule has 144 valence electrons. The van der Waals surface area contributed by atoms with Crippen molar-refractivity contribution in [1.82, 2.24) is 10.6 Å². The van der Waals surface area contributed by atoms with Gasteiger partial charge in [-0.3, -0.25) is 0 Å². The van der Waals surface area contributed by atoms with Crippen LogP contribution in [0.3, 0.4) is 0 Å². The molecule has 2 amide bonds. The van der Waals surface area contributed by atoms with Crippen LogP contribution in [-0.4, -0.2) is 39.3 Å². The minimum Gasteiger partial charge on any atom is -0.497 e. The van der Waals surface area contributed by atoms with E-state index in [9.17, 15) is 4.79 Å². The van der Waals surface area contributed by atoms with Gasteiger partial charge in [-0.2, -0.15) is 0 Å². The number of methoxy groups -OCH3 is 1. The lowest BCUT2D eigenvalue weighted by Crippen LogP contribution is -2.39. The van der Waals surface area contributed by atoms with Gasteiger partial charge in [0.05, 0.1) is 7.11 Å². The largest absolute Gasteiger partial charge is 0.497 e. The van der Waals surface area contributed by atoms with Crippen LogP contribution < -0.4 is 20.3 Å². The van der Waals surface area contributed by atoms with E-state index < -0.39 is 0 Å². The number of rotatable bonds is 7.